The summed E-state index contributed by atoms with van der Waals surface area (Å²) in [4.78, 5) is 19.9. The molecule has 0 fully saturated rings. The number of rotatable bonds is 8. The van der Waals surface area contributed by atoms with Gasteiger partial charge in [-0.3, -0.25) is 15.5 Å². The molecular weight excluding hydrogens is 342 g/mol. The Morgan fingerprint density at radius 2 is 1.26 bits per heavy atom. The van der Waals surface area contributed by atoms with Gasteiger partial charge in [0.2, 0.25) is 5.95 Å². The molecular formula is C20H21N5O2. The van der Waals surface area contributed by atoms with Crippen LogP contribution in [0.4, 0.5) is 11.6 Å². The molecule has 7 nitrogen and oxygen atoms in total. The van der Waals surface area contributed by atoms with Crippen molar-refractivity contribution in [2.75, 3.05) is 5.43 Å². The third-order valence-electron chi connectivity index (χ3n) is 4.33. The normalized spacial score (nSPS) is 10.6. The minimum absolute atomic E-state index is 0.0131. The average molecular weight is 363 g/mol. The highest BCUT2D eigenvalue weighted by atomic mass is 16.6. The Bertz CT molecular complexity index is 836. The van der Waals surface area contributed by atoms with Crippen LogP contribution in [0.2, 0.25) is 0 Å². The molecule has 0 aliphatic heterocycles. The first-order chi connectivity index (χ1) is 13.2. The maximum Gasteiger partial charge on any atom is 0.312 e. The first-order valence-corrected chi connectivity index (χ1v) is 8.76. The monoisotopic (exact) mass is 363 g/mol. The van der Waals surface area contributed by atoms with Crippen molar-refractivity contribution in [1.82, 2.24) is 9.97 Å². The molecule has 0 aliphatic carbocycles. The average Bonchev–Trinajstić information content (AvgIpc) is 2.71. The largest absolute Gasteiger partial charge is 0.312 e. The van der Waals surface area contributed by atoms with Gasteiger partial charge < -0.3 is 0 Å². The number of hydrazine groups is 1. The number of nitrogens with zero attached hydrogens (tertiary/aromatic N) is 3. The number of aryl methyl sites for hydroxylation is 4. The SMILES string of the molecule is NNc1nc(CCc2ccccc2)c([N+](=O)[O-])c(CCc2ccccc2)n1. The summed E-state index contributed by atoms with van der Waals surface area (Å²) in [5.74, 6) is 5.68. The molecule has 0 radical (unpaired) electrons. The molecule has 0 amide bonds. The molecule has 3 aromatic rings. The molecule has 1 aromatic heterocycles. The van der Waals surface area contributed by atoms with E-state index in [1.165, 1.54) is 0 Å². The highest BCUT2D eigenvalue weighted by molar-refractivity contribution is 5.45. The lowest BCUT2D eigenvalue weighted by Gasteiger charge is -2.10. The molecule has 3 N–H and O–H groups in total. The van der Waals surface area contributed by atoms with Crippen molar-refractivity contribution in [1.29, 1.82) is 0 Å². The van der Waals surface area contributed by atoms with Gasteiger partial charge in [-0.1, -0.05) is 60.7 Å². The third-order valence-corrected chi connectivity index (χ3v) is 4.33. The Kier molecular flexibility index (Phi) is 6.06. The van der Waals surface area contributed by atoms with Crippen LogP contribution in [0.3, 0.4) is 0 Å². The van der Waals surface area contributed by atoms with E-state index >= 15 is 0 Å². The summed E-state index contributed by atoms with van der Waals surface area (Å²) >= 11 is 0. The van der Waals surface area contributed by atoms with Crippen molar-refractivity contribution in [2.45, 2.75) is 25.7 Å². The van der Waals surface area contributed by atoms with Crippen molar-refractivity contribution >= 4 is 11.6 Å². The first kappa shape index (κ1) is 18.5. The lowest BCUT2D eigenvalue weighted by Crippen LogP contribution is -2.16. The van der Waals surface area contributed by atoms with Crippen molar-refractivity contribution in [3.8, 4) is 0 Å². The van der Waals surface area contributed by atoms with E-state index in [1.54, 1.807) is 0 Å². The summed E-state index contributed by atoms with van der Waals surface area (Å²) < 4.78 is 0. The van der Waals surface area contributed by atoms with E-state index in [-0.39, 0.29) is 16.6 Å². The lowest BCUT2D eigenvalue weighted by atomic mass is 10.0. The number of aromatic nitrogens is 2. The Morgan fingerprint density at radius 1 is 0.815 bits per heavy atom. The van der Waals surface area contributed by atoms with Crippen molar-refractivity contribution in [3.05, 3.63) is 93.3 Å². The van der Waals surface area contributed by atoms with Crippen LogP contribution >= 0.6 is 0 Å². The Balaban J connectivity index is 1.88. The molecule has 138 valence electrons. The Labute approximate surface area is 157 Å². The molecule has 1 heterocycles. The molecule has 27 heavy (non-hydrogen) atoms. The molecule has 0 bridgehead atoms. The zero-order valence-corrected chi connectivity index (χ0v) is 14.8. The van der Waals surface area contributed by atoms with E-state index < -0.39 is 0 Å². The van der Waals surface area contributed by atoms with E-state index in [9.17, 15) is 10.1 Å². The second kappa shape index (κ2) is 8.86. The Morgan fingerprint density at radius 3 is 1.63 bits per heavy atom. The van der Waals surface area contributed by atoms with Gasteiger partial charge in [0.15, 0.2) is 0 Å². The number of benzene rings is 2. The maximum absolute atomic E-state index is 11.7. The van der Waals surface area contributed by atoms with E-state index in [4.69, 9.17) is 5.84 Å². The van der Waals surface area contributed by atoms with Gasteiger partial charge in [0.25, 0.3) is 0 Å². The summed E-state index contributed by atoms with van der Waals surface area (Å²) in [5.41, 5.74) is 5.40. The summed E-state index contributed by atoms with van der Waals surface area (Å²) in [6, 6.07) is 19.6. The fourth-order valence-corrected chi connectivity index (χ4v) is 2.99. The summed E-state index contributed by atoms with van der Waals surface area (Å²) in [6.45, 7) is 0. The van der Waals surface area contributed by atoms with Crippen molar-refractivity contribution < 1.29 is 4.92 Å². The molecule has 7 heteroatoms. The van der Waals surface area contributed by atoms with Crippen LogP contribution in [-0.4, -0.2) is 14.9 Å². The van der Waals surface area contributed by atoms with Gasteiger partial charge in [-0.05, 0) is 24.0 Å². The van der Waals surface area contributed by atoms with Gasteiger partial charge in [0.05, 0.1) is 4.92 Å². The predicted molar refractivity (Wildman–Crippen MR) is 104 cm³/mol. The summed E-state index contributed by atoms with van der Waals surface area (Å²) in [6.07, 6.45) is 2.19. The Hall–Kier alpha value is -3.32. The van der Waals surface area contributed by atoms with Gasteiger partial charge in [-0.15, -0.1) is 0 Å². The summed E-state index contributed by atoms with van der Waals surface area (Å²) in [7, 11) is 0. The van der Waals surface area contributed by atoms with Crippen LogP contribution in [0.5, 0.6) is 0 Å². The van der Waals surface area contributed by atoms with Crippen LogP contribution < -0.4 is 11.3 Å². The van der Waals surface area contributed by atoms with Crippen molar-refractivity contribution in [2.24, 2.45) is 5.84 Å². The minimum Gasteiger partial charge on any atom is -0.292 e. The molecule has 0 aliphatic rings. The maximum atomic E-state index is 11.7. The highest BCUT2D eigenvalue weighted by Gasteiger charge is 2.24. The number of hydrogen-bond acceptors (Lipinski definition) is 6. The van der Waals surface area contributed by atoms with Crippen LogP contribution in [0.1, 0.15) is 22.5 Å². The molecule has 0 unspecified atom stereocenters. The van der Waals surface area contributed by atoms with Gasteiger partial charge in [-0.2, -0.15) is 0 Å². The molecule has 0 atom stereocenters. The van der Waals surface area contributed by atoms with Gasteiger partial charge in [0.1, 0.15) is 11.4 Å². The fourth-order valence-electron chi connectivity index (χ4n) is 2.99. The van der Waals surface area contributed by atoms with Gasteiger partial charge in [-0.25, -0.2) is 15.8 Å². The van der Waals surface area contributed by atoms with Crippen molar-refractivity contribution in [3.63, 3.8) is 0 Å². The van der Waals surface area contributed by atoms with E-state index in [2.05, 4.69) is 15.4 Å². The number of nitrogen functional groups attached to an aromatic ring is 1. The lowest BCUT2D eigenvalue weighted by molar-refractivity contribution is -0.387. The number of hydrogen-bond donors (Lipinski definition) is 2. The molecule has 0 saturated carbocycles. The van der Waals surface area contributed by atoms with Crippen LogP contribution in [0.25, 0.3) is 0 Å². The van der Waals surface area contributed by atoms with Crippen LogP contribution in [-0.2, 0) is 25.7 Å². The third kappa shape index (κ3) is 4.86. The standard InChI is InChI=1S/C20H21N5O2/c21-24-20-22-17(13-11-15-7-3-1-4-8-15)19(25(26)27)18(23-20)14-12-16-9-5-2-6-10-16/h1-10H,11-14,21H2,(H,22,23,24). The topological polar surface area (TPSA) is 107 Å². The van der Waals surface area contributed by atoms with Gasteiger partial charge >= 0.3 is 5.69 Å². The minimum atomic E-state index is -0.388. The van der Waals surface area contributed by atoms with E-state index in [0.717, 1.165) is 11.1 Å². The predicted octanol–water partition coefficient (Wildman–Crippen LogP) is 3.24. The number of nitro groups is 1. The zero-order chi connectivity index (χ0) is 19.1. The fraction of sp³-hybridized carbons (Fsp3) is 0.200. The van der Waals surface area contributed by atoms with Gasteiger partial charge in [0, 0.05) is 12.8 Å². The number of nitrogens with two attached hydrogens (primary N) is 1. The van der Waals surface area contributed by atoms with Crippen LogP contribution in [0.15, 0.2) is 60.7 Å². The number of nitrogens with one attached hydrogen (secondary N) is 1. The quantitative estimate of drug-likeness (QED) is 0.361. The van der Waals surface area contributed by atoms with E-state index in [1.807, 2.05) is 60.7 Å². The van der Waals surface area contributed by atoms with Crippen LogP contribution in [0, 0.1) is 10.1 Å². The molecule has 0 spiro atoms. The first-order valence-electron chi connectivity index (χ1n) is 8.76. The molecule has 0 saturated heterocycles. The second-order valence-corrected chi connectivity index (χ2v) is 6.16. The highest BCUT2D eigenvalue weighted by Crippen LogP contribution is 2.25. The summed E-state index contributed by atoms with van der Waals surface area (Å²) in [5, 5.41) is 11.7. The molecule has 2 aromatic carbocycles. The number of anilines is 1. The zero-order valence-electron chi connectivity index (χ0n) is 14.8. The van der Waals surface area contributed by atoms with E-state index in [0.29, 0.717) is 37.1 Å². The smallest absolute Gasteiger partial charge is 0.292 e. The second-order valence-electron chi connectivity index (χ2n) is 6.16. The molecule has 3 rings (SSSR count).